The summed E-state index contributed by atoms with van der Waals surface area (Å²) < 4.78 is 22.5. The number of benzene rings is 2. The molecule has 1 N–H and O–H groups in total. The number of aromatic nitrogens is 3. The number of rotatable bonds is 2. The van der Waals surface area contributed by atoms with Crippen molar-refractivity contribution in [2.75, 3.05) is 31.1 Å². The Hall–Kier alpha value is -3.98. The van der Waals surface area contributed by atoms with Gasteiger partial charge in [0.15, 0.2) is 11.6 Å². The third kappa shape index (κ3) is 3.19. The highest BCUT2D eigenvalue weighted by Crippen LogP contribution is 2.49. The zero-order valence-corrected chi connectivity index (χ0v) is 20.1. The van der Waals surface area contributed by atoms with Crippen LogP contribution in [0.15, 0.2) is 48.2 Å². The minimum absolute atomic E-state index is 0.0498. The van der Waals surface area contributed by atoms with Gasteiger partial charge in [-0.15, -0.1) is 0 Å². The Kier molecular flexibility index (Phi) is 5.19. The van der Waals surface area contributed by atoms with Gasteiger partial charge in [0.2, 0.25) is 5.91 Å². The number of hydrogen-bond donors (Lipinski definition) is 1. The Morgan fingerprint density at radius 1 is 1.25 bits per heavy atom. The van der Waals surface area contributed by atoms with Crippen LogP contribution in [0, 0.1) is 12.7 Å². The van der Waals surface area contributed by atoms with E-state index in [1.165, 1.54) is 12.4 Å². The van der Waals surface area contributed by atoms with E-state index < -0.39 is 5.82 Å². The van der Waals surface area contributed by atoms with Crippen molar-refractivity contribution in [1.29, 1.82) is 0 Å². The summed E-state index contributed by atoms with van der Waals surface area (Å²) in [6.45, 7) is 6.93. The first-order valence-corrected chi connectivity index (χ1v) is 11.9. The van der Waals surface area contributed by atoms with Crippen molar-refractivity contribution in [1.82, 2.24) is 19.9 Å². The molecule has 1 amide bonds. The minimum atomic E-state index is -0.649. The molecule has 2 aliphatic heterocycles. The number of hydrogen-bond acceptors (Lipinski definition) is 6. The van der Waals surface area contributed by atoms with E-state index >= 15 is 4.39 Å². The van der Waals surface area contributed by atoms with Crippen LogP contribution in [0.5, 0.6) is 5.75 Å². The van der Waals surface area contributed by atoms with E-state index in [-0.39, 0.29) is 46.0 Å². The van der Waals surface area contributed by atoms with Crippen LogP contribution in [0.1, 0.15) is 5.56 Å². The molecule has 6 rings (SSSR count). The average molecular weight is 506 g/mol. The van der Waals surface area contributed by atoms with E-state index in [4.69, 9.17) is 16.3 Å². The van der Waals surface area contributed by atoms with E-state index in [0.717, 1.165) is 0 Å². The number of carbonyl (C=O) groups is 1. The maximum atomic E-state index is 16.3. The summed E-state index contributed by atoms with van der Waals surface area (Å²) in [5.41, 5.74) is 0.852. The lowest BCUT2D eigenvalue weighted by molar-refractivity contribution is -0.126. The number of nitrogens with one attached hydrogen (secondary N) is 1. The Balaban J connectivity index is 1.61. The standard InChI is InChI=1S/C26H21ClFN5O3/c1-3-16(34)32-8-9-33-15(10-32)11-36-24-20-23(30-12-31-25(20)33)22(28)19(21(24)27)17-13(2)4-5-14-6-7-29-26(35)18(14)17/h3-7,12,15H,1,8-11H2,2H3,(H,29,35)/t15-/m0/s1. The molecule has 1 atom stereocenters. The number of anilines is 1. The molecule has 0 unspecified atom stereocenters. The number of aromatic amines is 1. The molecule has 1 saturated heterocycles. The molecule has 4 aromatic rings. The fraction of sp³-hybridized carbons (Fsp3) is 0.231. The number of piperazine rings is 1. The summed E-state index contributed by atoms with van der Waals surface area (Å²) in [5.74, 6) is -0.0440. The molecule has 36 heavy (non-hydrogen) atoms. The van der Waals surface area contributed by atoms with Crippen LogP contribution in [0.3, 0.4) is 0 Å². The molecule has 10 heteroatoms. The summed E-state index contributed by atoms with van der Waals surface area (Å²) in [6.07, 6.45) is 4.15. The molecule has 2 aliphatic rings. The summed E-state index contributed by atoms with van der Waals surface area (Å²) in [6, 6.07) is 5.17. The van der Waals surface area contributed by atoms with E-state index in [1.807, 2.05) is 17.0 Å². The highest BCUT2D eigenvalue weighted by Gasteiger charge is 2.36. The lowest BCUT2D eigenvalue weighted by atomic mass is 9.93. The molecule has 0 bridgehead atoms. The zero-order chi connectivity index (χ0) is 25.1. The van der Waals surface area contributed by atoms with Gasteiger partial charge in [-0.1, -0.05) is 30.3 Å². The van der Waals surface area contributed by atoms with Gasteiger partial charge in [0.05, 0.1) is 21.8 Å². The van der Waals surface area contributed by atoms with Crippen molar-refractivity contribution >= 4 is 45.0 Å². The predicted octanol–water partition coefficient (Wildman–Crippen LogP) is 3.83. The molecular weight excluding hydrogens is 485 g/mol. The van der Waals surface area contributed by atoms with Gasteiger partial charge in [0.25, 0.3) is 5.56 Å². The molecule has 0 aliphatic carbocycles. The predicted molar refractivity (Wildman–Crippen MR) is 136 cm³/mol. The number of ether oxygens (including phenoxy) is 1. The van der Waals surface area contributed by atoms with Gasteiger partial charge >= 0.3 is 0 Å². The van der Waals surface area contributed by atoms with Crippen molar-refractivity contribution in [3.8, 4) is 16.9 Å². The second-order valence-corrected chi connectivity index (χ2v) is 9.31. The van der Waals surface area contributed by atoms with Crippen LogP contribution in [-0.2, 0) is 4.79 Å². The highest BCUT2D eigenvalue weighted by atomic mass is 35.5. The molecular formula is C26H21ClFN5O3. The van der Waals surface area contributed by atoms with Crippen LogP contribution >= 0.6 is 11.6 Å². The van der Waals surface area contributed by atoms with Crippen molar-refractivity contribution in [3.05, 3.63) is 70.1 Å². The molecule has 2 aromatic carbocycles. The van der Waals surface area contributed by atoms with Crippen molar-refractivity contribution in [2.24, 2.45) is 0 Å². The van der Waals surface area contributed by atoms with Gasteiger partial charge < -0.3 is 19.5 Å². The number of fused-ring (bicyclic) bond motifs is 3. The molecule has 0 saturated carbocycles. The summed E-state index contributed by atoms with van der Waals surface area (Å²) >= 11 is 6.90. The van der Waals surface area contributed by atoms with Crippen LogP contribution < -0.4 is 15.2 Å². The van der Waals surface area contributed by atoms with Gasteiger partial charge in [-0.25, -0.2) is 14.4 Å². The van der Waals surface area contributed by atoms with Crippen LogP contribution in [-0.4, -0.2) is 58.0 Å². The third-order valence-electron chi connectivity index (χ3n) is 6.96. The van der Waals surface area contributed by atoms with Crippen LogP contribution in [0.4, 0.5) is 10.2 Å². The zero-order valence-electron chi connectivity index (χ0n) is 19.3. The first kappa shape index (κ1) is 22.5. The number of amides is 1. The first-order valence-electron chi connectivity index (χ1n) is 11.5. The smallest absolute Gasteiger partial charge is 0.256 e. The monoisotopic (exact) mass is 505 g/mol. The van der Waals surface area contributed by atoms with Crippen molar-refractivity contribution in [3.63, 3.8) is 0 Å². The SMILES string of the molecule is C=CC(=O)N1CCN2c3ncnc4c(F)c(-c5c(C)ccc6cc[nH]c(=O)c56)c(Cl)c(c34)OC[C@@H]2C1. The largest absolute Gasteiger partial charge is 0.489 e. The normalized spacial score (nSPS) is 17.0. The Bertz CT molecular complexity index is 1650. The number of pyridine rings is 1. The van der Waals surface area contributed by atoms with Gasteiger partial charge in [-0.2, -0.15) is 0 Å². The maximum Gasteiger partial charge on any atom is 0.256 e. The summed E-state index contributed by atoms with van der Waals surface area (Å²) in [4.78, 5) is 40.2. The quantitative estimate of drug-likeness (QED) is 0.416. The molecule has 0 radical (unpaired) electrons. The molecule has 182 valence electrons. The fourth-order valence-corrected chi connectivity index (χ4v) is 5.58. The van der Waals surface area contributed by atoms with E-state index in [2.05, 4.69) is 21.5 Å². The van der Waals surface area contributed by atoms with Crippen molar-refractivity contribution < 1.29 is 13.9 Å². The second kappa shape index (κ2) is 8.30. The third-order valence-corrected chi connectivity index (χ3v) is 7.32. The Morgan fingerprint density at radius 2 is 2.08 bits per heavy atom. The molecule has 2 aromatic heterocycles. The topological polar surface area (TPSA) is 91.4 Å². The van der Waals surface area contributed by atoms with Gasteiger partial charge in [0, 0.05) is 37.0 Å². The number of halogens is 2. The van der Waals surface area contributed by atoms with Crippen LogP contribution in [0.2, 0.25) is 5.02 Å². The average Bonchev–Trinajstić information content (AvgIpc) is 3.05. The second-order valence-electron chi connectivity index (χ2n) is 8.93. The van der Waals surface area contributed by atoms with E-state index in [9.17, 15) is 9.59 Å². The van der Waals surface area contributed by atoms with Gasteiger partial charge in [-0.05, 0) is 30.0 Å². The number of carbonyl (C=O) groups excluding carboxylic acids is 1. The summed E-state index contributed by atoms with van der Waals surface area (Å²) in [7, 11) is 0. The Morgan fingerprint density at radius 3 is 2.89 bits per heavy atom. The molecule has 4 heterocycles. The number of nitrogens with zero attached hydrogens (tertiary/aromatic N) is 4. The molecule has 8 nitrogen and oxygen atoms in total. The van der Waals surface area contributed by atoms with Gasteiger partial charge in [0.1, 0.15) is 24.3 Å². The minimum Gasteiger partial charge on any atom is -0.489 e. The first-order chi connectivity index (χ1) is 17.4. The van der Waals surface area contributed by atoms with Crippen molar-refractivity contribution in [2.45, 2.75) is 13.0 Å². The number of aryl methyl sites for hydroxylation is 1. The van der Waals surface area contributed by atoms with E-state index in [1.54, 1.807) is 24.1 Å². The maximum absolute atomic E-state index is 16.3. The van der Waals surface area contributed by atoms with Gasteiger partial charge in [-0.3, -0.25) is 9.59 Å². The van der Waals surface area contributed by atoms with Crippen LogP contribution in [0.25, 0.3) is 32.8 Å². The lowest BCUT2D eigenvalue weighted by Gasteiger charge is -2.40. The number of H-pyrrole nitrogens is 1. The molecule has 0 spiro atoms. The molecule has 1 fully saturated rings. The summed E-state index contributed by atoms with van der Waals surface area (Å²) in [5, 5.41) is 1.42. The van der Waals surface area contributed by atoms with E-state index in [0.29, 0.717) is 52.7 Å². The Labute approximate surface area is 210 Å². The lowest BCUT2D eigenvalue weighted by Crippen LogP contribution is -2.56. The highest BCUT2D eigenvalue weighted by molar-refractivity contribution is 6.37. The fourth-order valence-electron chi connectivity index (χ4n) is 5.26.